The summed E-state index contributed by atoms with van der Waals surface area (Å²) in [5.41, 5.74) is 5.68. The highest BCUT2D eigenvalue weighted by Gasteiger charge is 2.14. The molecule has 182 valence electrons. The summed E-state index contributed by atoms with van der Waals surface area (Å²) in [6, 6.07) is 26.4. The van der Waals surface area contributed by atoms with E-state index in [0.717, 1.165) is 22.1 Å². The van der Waals surface area contributed by atoms with E-state index < -0.39 is 0 Å². The van der Waals surface area contributed by atoms with Gasteiger partial charge in [0.2, 0.25) is 0 Å². The van der Waals surface area contributed by atoms with Crippen molar-refractivity contribution in [2.75, 3.05) is 0 Å². The van der Waals surface area contributed by atoms with Gasteiger partial charge in [-0.05, 0) is 60.4 Å². The summed E-state index contributed by atoms with van der Waals surface area (Å²) in [5, 5.41) is 3.52. The zero-order chi connectivity index (χ0) is 25.3. The maximum Gasteiger partial charge on any atom is 0.134 e. The lowest BCUT2D eigenvalue weighted by atomic mass is 9.87. The molecule has 6 aromatic rings. The molecule has 0 saturated heterocycles. The number of hydrogen-bond donors (Lipinski definition) is 0. The Morgan fingerprint density at radius 1 is 0.571 bits per heavy atom. The largest absolute Gasteiger partial charge is 0.464 e. The minimum atomic E-state index is 0.195. The first-order valence-electron chi connectivity index (χ1n) is 12.2. The van der Waals surface area contributed by atoms with Crippen molar-refractivity contribution in [3.8, 4) is 0 Å². The van der Waals surface area contributed by atoms with Crippen molar-refractivity contribution < 1.29 is 13.3 Å². The smallest absolute Gasteiger partial charge is 0.134 e. The van der Waals surface area contributed by atoms with E-state index in [9.17, 15) is 0 Å². The van der Waals surface area contributed by atoms with Crippen molar-refractivity contribution in [2.45, 2.75) is 53.4 Å². The van der Waals surface area contributed by atoms with E-state index in [-0.39, 0.29) is 5.41 Å². The van der Waals surface area contributed by atoms with Crippen LogP contribution >= 0.6 is 0 Å². The topological polar surface area (TPSA) is 39.4 Å². The highest BCUT2D eigenvalue weighted by Crippen LogP contribution is 2.26. The minimum absolute atomic E-state index is 0.195. The van der Waals surface area contributed by atoms with E-state index >= 15 is 0 Å². The second-order valence-electron chi connectivity index (χ2n) is 9.55. The predicted octanol–water partition coefficient (Wildman–Crippen LogP) is 10.3. The maximum atomic E-state index is 5.35. The Labute approximate surface area is 208 Å². The number of rotatable bonds is 0. The predicted molar refractivity (Wildman–Crippen MR) is 148 cm³/mol. The van der Waals surface area contributed by atoms with E-state index in [0.29, 0.717) is 0 Å². The molecule has 0 N–H and O–H groups in total. The highest BCUT2D eigenvalue weighted by molar-refractivity contribution is 5.78. The Hall–Kier alpha value is -3.72. The fourth-order valence-corrected chi connectivity index (χ4v) is 3.41. The van der Waals surface area contributed by atoms with Gasteiger partial charge in [-0.2, -0.15) is 0 Å². The van der Waals surface area contributed by atoms with Crippen molar-refractivity contribution in [2.24, 2.45) is 0 Å². The van der Waals surface area contributed by atoms with Crippen LogP contribution in [0.1, 0.15) is 52.2 Å². The summed E-state index contributed by atoms with van der Waals surface area (Å²) in [4.78, 5) is 0. The van der Waals surface area contributed by atoms with Gasteiger partial charge in [0.15, 0.2) is 0 Å². The quantitative estimate of drug-likeness (QED) is 0.222. The Morgan fingerprint density at radius 3 is 1.74 bits per heavy atom. The molecule has 0 spiro atoms. The van der Waals surface area contributed by atoms with Gasteiger partial charge >= 0.3 is 0 Å². The molecule has 0 aliphatic rings. The molecule has 3 aromatic heterocycles. The van der Waals surface area contributed by atoms with E-state index in [1.807, 2.05) is 54.6 Å². The number of aryl methyl sites for hydroxylation is 1. The standard InChI is InChI=1S/C12H14O.C9H8O.C8H6O.C3H8/c1-12(2,3)10-5-4-9-6-7-13-11(9)8-10;1-7-2-3-9-8(6-7)4-5-10-9;1-2-4-8-7(3-1)5-6-9-8;1-3-2/h4-8H,1-3H3;2-6H,1H3;1-6H;3H2,1-2H3. The third kappa shape index (κ3) is 7.38. The first-order valence-corrected chi connectivity index (χ1v) is 12.2. The van der Waals surface area contributed by atoms with Gasteiger partial charge in [0.1, 0.15) is 16.7 Å². The molecule has 3 nitrogen and oxygen atoms in total. The van der Waals surface area contributed by atoms with Crippen molar-refractivity contribution in [1.82, 2.24) is 0 Å². The number of fused-ring (bicyclic) bond motifs is 3. The third-order valence-electron chi connectivity index (χ3n) is 5.29. The van der Waals surface area contributed by atoms with Gasteiger partial charge in [0.05, 0.1) is 18.8 Å². The average Bonchev–Trinajstić information content (AvgIpc) is 3.59. The van der Waals surface area contributed by atoms with Crippen molar-refractivity contribution in [3.05, 3.63) is 109 Å². The zero-order valence-corrected chi connectivity index (χ0v) is 21.7. The normalized spacial score (nSPS) is 10.7. The van der Waals surface area contributed by atoms with Crippen LogP contribution in [0.3, 0.4) is 0 Å². The molecule has 0 unspecified atom stereocenters. The van der Waals surface area contributed by atoms with Gasteiger partial charge in [0, 0.05) is 16.2 Å². The van der Waals surface area contributed by atoms with Gasteiger partial charge in [-0.15, -0.1) is 0 Å². The molecule has 0 bridgehead atoms. The van der Waals surface area contributed by atoms with Gasteiger partial charge in [-0.25, -0.2) is 0 Å². The van der Waals surface area contributed by atoms with Gasteiger partial charge < -0.3 is 13.3 Å². The summed E-state index contributed by atoms with van der Waals surface area (Å²) in [5.74, 6) is 0. The molecule has 3 aromatic carbocycles. The van der Waals surface area contributed by atoms with Crippen molar-refractivity contribution in [1.29, 1.82) is 0 Å². The summed E-state index contributed by atoms with van der Waals surface area (Å²) in [6.07, 6.45) is 6.39. The molecule has 0 aliphatic heterocycles. The average molecular weight is 469 g/mol. The lowest BCUT2D eigenvalue weighted by Crippen LogP contribution is -2.10. The van der Waals surface area contributed by atoms with Crippen LogP contribution < -0.4 is 0 Å². The Bertz CT molecular complexity index is 1410. The van der Waals surface area contributed by atoms with Crippen molar-refractivity contribution in [3.63, 3.8) is 0 Å². The molecule has 3 heterocycles. The maximum absolute atomic E-state index is 5.35. The van der Waals surface area contributed by atoms with E-state index in [1.54, 1.807) is 18.8 Å². The zero-order valence-electron chi connectivity index (χ0n) is 21.7. The summed E-state index contributed by atoms with van der Waals surface area (Å²) < 4.78 is 15.6. The van der Waals surface area contributed by atoms with Crippen LogP contribution in [0.4, 0.5) is 0 Å². The lowest BCUT2D eigenvalue weighted by molar-refractivity contribution is 0.583. The third-order valence-corrected chi connectivity index (χ3v) is 5.29. The summed E-state index contributed by atoms with van der Waals surface area (Å²) in [7, 11) is 0. The molecule has 0 saturated carbocycles. The SMILES string of the molecule is CC(C)(C)c1ccc2ccoc2c1.CCC.Cc1ccc2occc2c1.c1ccc2occc2c1. The molecule has 0 radical (unpaired) electrons. The van der Waals surface area contributed by atoms with E-state index in [2.05, 4.69) is 65.8 Å². The minimum Gasteiger partial charge on any atom is -0.464 e. The molecule has 35 heavy (non-hydrogen) atoms. The van der Waals surface area contributed by atoms with Crippen LogP contribution in [0.15, 0.2) is 111 Å². The van der Waals surface area contributed by atoms with Crippen molar-refractivity contribution >= 4 is 32.9 Å². The van der Waals surface area contributed by atoms with Crippen LogP contribution in [-0.2, 0) is 5.41 Å². The van der Waals surface area contributed by atoms with Gasteiger partial charge in [0.25, 0.3) is 0 Å². The van der Waals surface area contributed by atoms with Crippen LogP contribution in [0.2, 0.25) is 0 Å². The molecule has 0 fully saturated rings. The van der Waals surface area contributed by atoms with Crippen LogP contribution in [0.5, 0.6) is 0 Å². The number of para-hydroxylation sites is 1. The first kappa shape index (κ1) is 25.9. The molecular formula is C32H36O3. The molecule has 6 rings (SSSR count). The van der Waals surface area contributed by atoms with Crippen LogP contribution in [0.25, 0.3) is 32.9 Å². The van der Waals surface area contributed by atoms with Crippen LogP contribution in [-0.4, -0.2) is 0 Å². The fraction of sp³-hybridized carbons (Fsp3) is 0.250. The number of hydrogen-bond acceptors (Lipinski definition) is 3. The molecular weight excluding hydrogens is 432 g/mol. The fourth-order valence-electron chi connectivity index (χ4n) is 3.41. The molecule has 0 aliphatic carbocycles. The van der Waals surface area contributed by atoms with Gasteiger partial charge in [-0.1, -0.05) is 83.0 Å². The van der Waals surface area contributed by atoms with Crippen LogP contribution in [0, 0.1) is 6.92 Å². The Balaban J connectivity index is 0.000000141. The number of benzene rings is 3. The Morgan fingerprint density at radius 2 is 1.11 bits per heavy atom. The Kier molecular flexibility index (Phi) is 8.97. The molecule has 0 amide bonds. The van der Waals surface area contributed by atoms with Gasteiger partial charge in [-0.3, -0.25) is 0 Å². The second kappa shape index (κ2) is 12.1. The van der Waals surface area contributed by atoms with E-state index in [4.69, 9.17) is 13.3 Å². The first-order chi connectivity index (χ1) is 16.8. The summed E-state index contributed by atoms with van der Waals surface area (Å²) >= 11 is 0. The molecule has 3 heteroatoms. The summed E-state index contributed by atoms with van der Waals surface area (Å²) in [6.45, 7) is 12.9. The van der Waals surface area contributed by atoms with E-state index in [1.165, 1.54) is 28.3 Å². The number of furan rings is 3. The highest BCUT2D eigenvalue weighted by atomic mass is 16.3. The second-order valence-corrected chi connectivity index (χ2v) is 9.55. The monoisotopic (exact) mass is 468 g/mol. The molecule has 0 atom stereocenters. The lowest BCUT2D eigenvalue weighted by Gasteiger charge is -2.18.